The van der Waals surface area contributed by atoms with Crippen molar-refractivity contribution in [1.29, 1.82) is 0 Å². The van der Waals surface area contributed by atoms with Crippen LogP contribution >= 0.6 is 0 Å². The normalized spacial score (nSPS) is 14.1. The van der Waals surface area contributed by atoms with Crippen molar-refractivity contribution in [1.82, 2.24) is 20.1 Å². The van der Waals surface area contributed by atoms with E-state index in [0.29, 0.717) is 22.6 Å². The van der Waals surface area contributed by atoms with Crippen LogP contribution in [0.3, 0.4) is 0 Å². The van der Waals surface area contributed by atoms with Crippen LogP contribution in [0.2, 0.25) is 0 Å². The Balaban J connectivity index is 2.09. The van der Waals surface area contributed by atoms with Crippen LogP contribution in [0, 0.1) is 13.8 Å². The quantitative estimate of drug-likeness (QED) is 0.801. The molecule has 3 rings (SSSR count). The number of fused-ring (bicyclic) bond motifs is 1. The monoisotopic (exact) mass is 271 g/mol. The minimum atomic E-state index is -0.159. The zero-order valence-electron chi connectivity index (χ0n) is 11.6. The van der Waals surface area contributed by atoms with Crippen molar-refractivity contribution < 1.29 is 4.79 Å². The number of aryl methyl sites for hydroxylation is 1. The van der Waals surface area contributed by atoms with Crippen molar-refractivity contribution in [2.45, 2.75) is 26.8 Å². The fraction of sp³-hybridized carbons (Fsp3) is 0.357. The predicted molar refractivity (Wildman–Crippen MR) is 75.5 cm³/mol. The SMILES string of the molecule is Cc1nn(C(=O)c2cncc3c2CCNC3)c(C)c1N. The molecule has 0 fully saturated rings. The molecule has 1 aliphatic rings. The standard InChI is InChI=1S/C14H17N5O/c1-8-13(15)9(2)19(18-8)14(20)12-7-17-6-10-5-16-4-3-11(10)12/h6-7,16H,3-5,15H2,1-2H3. The highest BCUT2D eigenvalue weighted by Gasteiger charge is 2.22. The Kier molecular flexibility index (Phi) is 3.02. The number of hydrogen-bond acceptors (Lipinski definition) is 5. The number of pyridine rings is 1. The first kappa shape index (κ1) is 12.8. The lowest BCUT2D eigenvalue weighted by Crippen LogP contribution is -2.27. The predicted octanol–water partition coefficient (Wildman–Crippen LogP) is 0.811. The van der Waals surface area contributed by atoms with Crippen LogP contribution in [-0.4, -0.2) is 27.2 Å². The van der Waals surface area contributed by atoms with Crippen LogP contribution in [-0.2, 0) is 13.0 Å². The van der Waals surface area contributed by atoms with E-state index in [-0.39, 0.29) is 5.91 Å². The highest BCUT2D eigenvalue weighted by atomic mass is 16.2. The summed E-state index contributed by atoms with van der Waals surface area (Å²) in [5, 5.41) is 7.51. The number of nitrogen functional groups attached to an aromatic ring is 1. The van der Waals surface area contributed by atoms with E-state index in [1.807, 2.05) is 6.20 Å². The first-order valence-corrected chi connectivity index (χ1v) is 6.62. The molecule has 0 saturated carbocycles. The summed E-state index contributed by atoms with van der Waals surface area (Å²) in [7, 11) is 0. The van der Waals surface area contributed by atoms with Gasteiger partial charge < -0.3 is 11.1 Å². The molecule has 0 saturated heterocycles. The van der Waals surface area contributed by atoms with Gasteiger partial charge in [-0.3, -0.25) is 9.78 Å². The van der Waals surface area contributed by atoms with E-state index >= 15 is 0 Å². The molecule has 0 unspecified atom stereocenters. The van der Waals surface area contributed by atoms with Crippen molar-refractivity contribution in [3.8, 4) is 0 Å². The molecule has 2 aromatic heterocycles. The number of carbonyl (C=O) groups is 1. The molecule has 6 nitrogen and oxygen atoms in total. The average Bonchev–Trinajstić information content (AvgIpc) is 2.73. The van der Waals surface area contributed by atoms with E-state index in [0.717, 1.165) is 30.6 Å². The van der Waals surface area contributed by atoms with Crippen molar-refractivity contribution in [3.05, 3.63) is 40.5 Å². The van der Waals surface area contributed by atoms with Crippen LogP contribution in [0.1, 0.15) is 32.9 Å². The topological polar surface area (TPSA) is 85.8 Å². The maximum Gasteiger partial charge on any atom is 0.280 e. The van der Waals surface area contributed by atoms with E-state index in [2.05, 4.69) is 15.4 Å². The Morgan fingerprint density at radius 3 is 2.90 bits per heavy atom. The van der Waals surface area contributed by atoms with Gasteiger partial charge in [0.05, 0.1) is 22.6 Å². The summed E-state index contributed by atoms with van der Waals surface area (Å²) in [6.07, 6.45) is 4.26. The molecule has 104 valence electrons. The van der Waals surface area contributed by atoms with E-state index in [4.69, 9.17) is 5.73 Å². The van der Waals surface area contributed by atoms with Gasteiger partial charge in [0.1, 0.15) is 0 Å². The van der Waals surface area contributed by atoms with Crippen LogP contribution in [0.5, 0.6) is 0 Å². The molecule has 0 aromatic carbocycles. The Bertz CT molecular complexity index is 689. The number of hydrogen-bond donors (Lipinski definition) is 2. The van der Waals surface area contributed by atoms with E-state index < -0.39 is 0 Å². The van der Waals surface area contributed by atoms with E-state index in [1.54, 1.807) is 20.0 Å². The van der Waals surface area contributed by atoms with Gasteiger partial charge in [-0.05, 0) is 37.9 Å². The largest absolute Gasteiger partial charge is 0.396 e. The van der Waals surface area contributed by atoms with E-state index in [9.17, 15) is 4.79 Å². The first-order chi connectivity index (χ1) is 9.59. The lowest BCUT2D eigenvalue weighted by molar-refractivity contribution is 0.0941. The third-order valence-electron chi connectivity index (χ3n) is 3.78. The molecule has 0 bridgehead atoms. The lowest BCUT2D eigenvalue weighted by atomic mass is 9.98. The molecular formula is C14H17N5O. The van der Waals surface area contributed by atoms with Crippen molar-refractivity contribution in [2.75, 3.05) is 12.3 Å². The Morgan fingerprint density at radius 1 is 1.40 bits per heavy atom. The molecule has 0 amide bonds. The smallest absolute Gasteiger partial charge is 0.280 e. The first-order valence-electron chi connectivity index (χ1n) is 6.62. The van der Waals surface area contributed by atoms with Crippen molar-refractivity contribution in [3.63, 3.8) is 0 Å². The molecule has 0 spiro atoms. The minimum Gasteiger partial charge on any atom is -0.396 e. The summed E-state index contributed by atoms with van der Waals surface area (Å²) < 4.78 is 1.38. The van der Waals surface area contributed by atoms with Gasteiger partial charge >= 0.3 is 0 Å². The number of nitrogens with zero attached hydrogens (tertiary/aromatic N) is 3. The molecule has 2 aromatic rings. The number of aromatic nitrogens is 3. The molecule has 3 heterocycles. The molecular weight excluding hydrogens is 254 g/mol. The Labute approximate surface area is 117 Å². The summed E-state index contributed by atoms with van der Waals surface area (Å²) in [6.45, 7) is 5.23. The summed E-state index contributed by atoms with van der Waals surface area (Å²) in [5.41, 5.74) is 10.6. The van der Waals surface area contributed by atoms with Gasteiger partial charge in [0.25, 0.3) is 5.91 Å². The highest BCUT2D eigenvalue weighted by molar-refractivity contribution is 5.97. The second kappa shape index (κ2) is 4.72. The Morgan fingerprint density at radius 2 is 2.20 bits per heavy atom. The van der Waals surface area contributed by atoms with Crippen molar-refractivity contribution >= 4 is 11.6 Å². The van der Waals surface area contributed by atoms with Crippen LogP contribution in [0.15, 0.2) is 12.4 Å². The van der Waals surface area contributed by atoms with Gasteiger partial charge in [0, 0.05) is 18.9 Å². The van der Waals surface area contributed by atoms with E-state index in [1.165, 1.54) is 4.68 Å². The zero-order chi connectivity index (χ0) is 14.3. The summed E-state index contributed by atoms with van der Waals surface area (Å²) >= 11 is 0. The molecule has 0 radical (unpaired) electrons. The maximum atomic E-state index is 12.7. The summed E-state index contributed by atoms with van der Waals surface area (Å²) in [6, 6.07) is 0. The fourth-order valence-electron chi connectivity index (χ4n) is 2.57. The zero-order valence-corrected chi connectivity index (χ0v) is 11.6. The van der Waals surface area contributed by atoms with Gasteiger partial charge in [0.15, 0.2) is 0 Å². The third-order valence-corrected chi connectivity index (χ3v) is 3.78. The number of carbonyl (C=O) groups excluding carboxylic acids is 1. The molecule has 6 heteroatoms. The van der Waals surface area contributed by atoms with Gasteiger partial charge in [-0.25, -0.2) is 0 Å². The second-order valence-electron chi connectivity index (χ2n) is 5.05. The van der Waals surface area contributed by atoms with Gasteiger partial charge in [-0.15, -0.1) is 0 Å². The number of anilines is 1. The van der Waals surface area contributed by atoms with Crippen LogP contribution in [0.25, 0.3) is 0 Å². The molecule has 0 atom stereocenters. The average molecular weight is 271 g/mol. The molecule has 20 heavy (non-hydrogen) atoms. The van der Waals surface area contributed by atoms with Gasteiger partial charge in [0.2, 0.25) is 0 Å². The second-order valence-corrected chi connectivity index (χ2v) is 5.05. The molecule has 3 N–H and O–H groups in total. The lowest BCUT2D eigenvalue weighted by Gasteiger charge is -2.19. The number of nitrogens with two attached hydrogens (primary N) is 1. The van der Waals surface area contributed by atoms with Crippen LogP contribution < -0.4 is 11.1 Å². The maximum absolute atomic E-state index is 12.7. The minimum absolute atomic E-state index is 0.159. The summed E-state index contributed by atoms with van der Waals surface area (Å²) in [5.74, 6) is -0.159. The van der Waals surface area contributed by atoms with Crippen molar-refractivity contribution in [2.24, 2.45) is 0 Å². The highest BCUT2D eigenvalue weighted by Crippen LogP contribution is 2.21. The molecule has 1 aliphatic heterocycles. The molecule has 0 aliphatic carbocycles. The summed E-state index contributed by atoms with van der Waals surface area (Å²) in [4.78, 5) is 16.9. The fourth-order valence-corrected chi connectivity index (χ4v) is 2.57. The number of rotatable bonds is 1. The number of nitrogens with one attached hydrogen (secondary N) is 1. The van der Waals surface area contributed by atoms with Crippen LogP contribution in [0.4, 0.5) is 5.69 Å². The third kappa shape index (κ3) is 1.89. The van der Waals surface area contributed by atoms with Gasteiger partial charge in [-0.2, -0.15) is 9.78 Å². The van der Waals surface area contributed by atoms with Gasteiger partial charge in [-0.1, -0.05) is 0 Å². The Hall–Kier alpha value is -2.21.